The topological polar surface area (TPSA) is 54.8 Å². The van der Waals surface area contributed by atoms with E-state index < -0.39 is 0 Å². The van der Waals surface area contributed by atoms with Crippen molar-refractivity contribution in [3.8, 4) is 5.75 Å². The molecule has 0 radical (unpaired) electrons. The first-order valence-electron chi connectivity index (χ1n) is 12.3. The molecule has 192 valence electrons. The van der Waals surface area contributed by atoms with Crippen molar-refractivity contribution in [2.24, 2.45) is 5.92 Å². The van der Waals surface area contributed by atoms with Gasteiger partial charge in [-0.1, -0.05) is 59.0 Å². The van der Waals surface area contributed by atoms with Gasteiger partial charge in [-0.15, -0.1) is 0 Å². The second kappa shape index (κ2) is 11.0. The number of fused-ring (bicyclic) bond motifs is 1. The number of hydrogen-bond donors (Lipinski definition) is 0. The Hall–Kier alpha value is -2.62. The summed E-state index contributed by atoms with van der Waals surface area (Å²) < 4.78 is 8.69. The molecule has 0 aliphatic carbocycles. The van der Waals surface area contributed by atoms with Crippen LogP contribution in [0.1, 0.15) is 30.9 Å². The number of thiocarbonyl (C=S) groups is 1. The first-order chi connectivity index (χ1) is 17.8. The van der Waals surface area contributed by atoms with E-state index in [0.29, 0.717) is 21.7 Å². The Morgan fingerprint density at radius 3 is 2.62 bits per heavy atom. The highest BCUT2D eigenvalue weighted by atomic mass is 79.9. The SMILES string of the molecule is COc1ccc(CN2C(=O)/C(=C/c3cn(CC(=O)N4CCC(C)CC4)c4ccc(Br)cc34)SC2=S)cc1. The maximum absolute atomic E-state index is 13.3. The van der Waals surface area contributed by atoms with Gasteiger partial charge in [0, 0.05) is 40.2 Å². The molecule has 2 amide bonds. The minimum absolute atomic E-state index is 0.111. The normalized spacial score (nSPS) is 17.9. The van der Waals surface area contributed by atoms with Gasteiger partial charge < -0.3 is 14.2 Å². The Labute approximate surface area is 234 Å². The summed E-state index contributed by atoms with van der Waals surface area (Å²) in [6.07, 6.45) is 5.96. The predicted octanol–water partition coefficient (Wildman–Crippen LogP) is 6.07. The monoisotopic (exact) mass is 597 g/mol. The molecule has 2 saturated heterocycles. The van der Waals surface area contributed by atoms with Crippen molar-refractivity contribution in [2.45, 2.75) is 32.9 Å². The lowest BCUT2D eigenvalue weighted by Crippen LogP contribution is -2.39. The van der Waals surface area contributed by atoms with Gasteiger partial charge in [0.25, 0.3) is 5.91 Å². The molecule has 2 fully saturated rings. The fourth-order valence-corrected chi connectivity index (χ4v) is 6.34. The fourth-order valence-electron chi connectivity index (χ4n) is 4.74. The van der Waals surface area contributed by atoms with Crippen LogP contribution < -0.4 is 4.74 Å². The van der Waals surface area contributed by atoms with Crippen LogP contribution in [0.4, 0.5) is 0 Å². The zero-order valence-corrected chi connectivity index (χ0v) is 24.0. The molecule has 2 aromatic carbocycles. The van der Waals surface area contributed by atoms with Crippen LogP contribution in [-0.4, -0.2) is 50.7 Å². The number of likely N-dealkylation sites (tertiary alicyclic amines) is 1. The minimum Gasteiger partial charge on any atom is -0.497 e. The van der Waals surface area contributed by atoms with E-state index in [2.05, 4.69) is 22.9 Å². The van der Waals surface area contributed by atoms with E-state index in [9.17, 15) is 9.59 Å². The van der Waals surface area contributed by atoms with E-state index >= 15 is 0 Å². The largest absolute Gasteiger partial charge is 0.497 e. The molecule has 37 heavy (non-hydrogen) atoms. The third-order valence-electron chi connectivity index (χ3n) is 6.98. The summed E-state index contributed by atoms with van der Waals surface area (Å²) in [5, 5.41) is 0.981. The molecule has 0 atom stereocenters. The summed E-state index contributed by atoms with van der Waals surface area (Å²) in [6, 6.07) is 13.6. The van der Waals surface area contributed by atoms with Gasteiger partial charge in [-0.25, -0.2) is 0 Å². The number of ether oxygens (including phenoxy) is 1. The van der Waals surface area contributed by atoms with Gasteiger partial charge in [0.05, 0.1) is 18.6 Å². The average molecular weight is 599 g/mol. The van der Waals surface area contributed by atoms with Crippen LogP contribution in [0.15, 0.2) is 58.0 Å². The molecule has 0 saturated carbocycles. The van der Waals surface area contributed by atoms with Gasteiger partial charge in [-0.3, -0.25) is 14.5 Å². The van der Waals surface area contributed by atoms with Crippen LogP contribution in [0, 0.1) is 5.92 Å². The first kappa shape index (κ1) is 26.0. The summed E-state index contributed by atoms with van der Waals surface area (Å²) in [7, 11) is 1.63. The van der Waals surface area contributed by atoms with Crippen molar-refractivity contribution in [1.82, 2.24) is 14.4 Å². The number of carbonyl (C=O) groups excluding carboxylic acids is 2. The van der Waals surface area contributed by atoms with Crippen LogP contribution in [0.2, 0.25) is 0 Å². The molecule has 5 rings (SSSR count). The van der Waals surface area contributed by atoms with Crippen LogP contribution >= 0.6 is 39.9 Å². The molecule has 2 aliphatic rings. The number of aromatic nitrogens is 1. The van der Waals surface area contributed by atoms with E-state index in [1.807, 2.05) is 64.2 Å². The molecule has 3 aromatic rings. The Balaban J connectivity index is 1.40. The highest BCUT2D eigenvalue weighted by Gasteiger charge is 2.32. The van der Waals surface area contributed by atoms with Crippen molar-refractivity contribution >= 4 is 73.0 Å². The predicted molar refractivity (Wildman–Crippen MR) is 156 cm³/mol. The smallest absolute Gasteiger partial charge is 0.266 e. The number of thioether (sulfide) groups is 1. The third-order valence-corrected chi connectivity index (χ3v) is 8.85. The standard InChI is InChI=1S/C28H28BrN3O3S2/c1-18-9-11-30(12-10-18)26(33)17-31-16-20(23-14-21(29)5-8-24(23)31)13-25-27(34)32(28(36)37-25)15-19-3-6-22(35-2)7-4-19/h3-8,13-14,16,18H,9-12,15,17H2,1-2H3/b25-13-. The number of hydrogen-bond acceptors (Lipinski definition) is 5. The van der Waals surface area contributed by atoms with Crippen molar-refractivity contribution in [3.63, 3.8) is 0 Å². The number of piperidine rings is 1. The Morgan fingerprint density at radius 2 is 1.92 bits per heavy atom. The summed E-state index contributed by atoms with van der Waals surface area (Å²) in [6.45, 7) is 4.55. The zero-order valence-electron chi connectivity index (χ0n) is 20.8. The zero-order chi connectivity index (χ0) is 26.1. The fraction of sp³-hybridized carbons (Fsp3) is 0.321. The number of nitrogens with zero attached hydrogens (tertiary/aromatic N) is 3. The van der Waals surface area contributed by atoms with Gasteiger partial charge in [0.15, 0.2) is 0 Å². The highest BCUT2D eigenvalue weighted by Crippen LogP contribution is 2.36. The second-order valence-corrected chi connectivity index (χ2v) is 12.1. The van der Waals surface area contributed by atoms with E-state index in [1.165, 1.54) is 11.8 Å². The summed E-state index contributed by atoms with van der Waals surface area (Å²) in [5.41, 5.74) is 2.83. The Kier molecular flexibility index (Phi) is 7.74. The summed E-state index contributed by atoms with van der Waals surface area (Å²) in [4.78, 5) is 30.6. The van der Waals surface area contributed by atoms with Crippen LogP contribution in [0.25, 0.3) is 17.0 Å². The second-order valence-electron chi connectivity index (χ2n) is 9.55. The number of benzene rings is 2. The van der Waals surface area contributed by atoms with Gasteiger partial charge >= 0.3 is 0 Å². The number of amides is 2. The van der Waals surface area contributed by atoms with Gasteiger partial charge in [0.2, 0.25) is 5.91 Å². The average Bonchev–Trinajstić information content (AvgIpc) is 3.35. The molecular weight excluding hydrogens is 570 g/mol. The number of rotatable bonds is 6. The number of halogens is 1. The molecule has 0 N–H and O–H groups in total. The van der Waals surface area contributed by atoms with E-state index in [0.717, 1.165) is 58.2 Å². The van der Waals surface area contributed by atoms with Gasteiger partial charge in [0.1, 0.15) is 16.6 Å². The third kappa shape index (κ3) is 5.63. The molecule has 6 nitrogen and oxygen atoms in total. The molecule has 3 heterocycles. The minimum atomic E-state index is -0.111. The van der Waals surface area contributed by atoms with E-state index in [1.54, 1.807) is 12.0 Å². The summed E-state index contributed by atoms with van der Waals surface area (Å²) >= 11 is 10.4. The maximum Gasteiger partial charge on any atom is 0.266 e. The Bertz CT molecular complexity index is 1390. The van der Waals surface area contributed by atoms with Crippen LogP contribution in [0.3, 0.4) is 0 Å². The molecular formula is C28H28BrN3O3S2. The van der Waals surface area contributed by atoms with E-state index in [4.69, 9.17) is 17.0 Å². The van der Waals surface area contributed by atoms with Crippen LogP contribution in [0.5, 0.6) is 5.75 Å². The number of carbonyl (C=O) groups is 2. The number of methoxy groups -OCH3 is 1. The lowest BCUT2D eigenvalue weighted by molar-refractivity contribution is -0.133. The Morgan fingerprint density at radius 1 is 1.19 bits per heavy atom. The lowest BCUT2D eigenvalue weighted by atomic mass is 9.99. The molecule has 2 aliphatic heterocycles. The molecule has 9 heteroatoms. The summed E-state index contributed by atoms with van der Waals surface area (Å²) in [5.74, 6) is 1.46. The molecule has 1 aromatic heterocycles. The van der Waals surface area contributed by atoms with Crippen molar-refractivity contribution in [2.75, 3.05) is 20.2 Å². The molecule has 0 unspecified atom stereocenters. The highest BCUT2D eigenvalue weighted by molar-refractivity contribution is 9.10. The molecule has 0 bridgehead atoms. The maximum atomic E-state index is 13.3. The lowest BCUT2D eigenvalue weighted by Gasteiger charge is -2.30. The van der Waals surface area contributed by atoms with Gasteiger partial charge in [-0.05, 0) is 60.7 Å². The first-order valence-corrected chi connectivity index (χ1v) is 14.3. The van der Waals surface area contributed by atoms with Crippen molar-refractivity contribution < 1.29 is 14.3 Å². The van der Waals surface area contributed by atoms with Crippen molar-refractivity contribution in [3.05, 3.63) is 69.2 Å². The molecule has 0 spiro atoms. The van der Waals surface area contributed by atoms with Gasteiger partial charge in [-0.2, -0.15) is 0 Å². The van der Waals surface area contributed by atoms with Crippen LogP contribution in [-0.2, 0) is 22.7 Å². The van der Waals surface area contributed by atoms with E-state index in [-0.39, 0.29) is 18.4 Å². The van der Waals surface area contributed by atoms with Crippen molar-refractivity contribution in [1.29, 1.82) is 0 Å². The quantitative estimate of drug-likeness (QED) is 0.255.